The molecule has 0 unspecified atom stereocenters. The first-order valence-electron chi connectivity index (χ1n) is 9.98. The van der Waals surface area contributed by atoms with E-state index in [1.165, 1.54) is 11.0 Å². The number of nitrogens with zero attached hydrogens (tertiary/aromatic N) is 3. The van der Waals surface area contributed by atoms with E-state index in [1.54, 1.807) is 24.5 Å². The van der Waals surface area contributed by atoms with Crippen LogP contribution in [0.1, 0.15) is 6.42 Å². The Balaban J connectivity index is 1.29. The van der Waals surface area contributed by atoms with Crippen LogP contribution in [0.2, 0.25) is 0 Å². The van der Waals surface area contributed by atoms with E-state index < -0.39 is 11.7 Å². The van der Waals surface area contributed by atoms with Gasteiger partial charge in [-0.05, 0) is 48.5 Å². The van der Waals surface area contributed by atoms with Crippen molar-refractivity contribution >= 4 is 34.2 Å². The molecule has 7 heteroatoms. The van der Waals surface area contributed by atoms with E-state index in [2.05, 4.69) is 10.3 Å². The SMILES string of the molecule is O=C(Nc1ccc(-n2cnc3ccccc32)cc1)[C@H]1CC(=O)N(c2ccccc2F)C1. The normalized spacial score (nSPS) is 16.1. The van der Waals surface area contributed by atoms with Gasteiger partial charge in [0.1, 0.15) is 12.1 Å². The molecule has 154 valence electrons. The summed E-state index contributed by atoms with van der Waals surface area (Å²) in [4.78, 5) is 30.8. The molecule has 0 saturated carbocycles. The molecule has 1 aromatic heterocycles. The molecule has 1 saturated heterocycles. The van der Waals surface area contributed by atoms with E-state index in [0.29, 0.717) is 5.69 Å². The average Bonchev–Trinajstić information content (AvgIpc) is 3.39. The van der Waals surface area contributed by atoms with Gasteiger partial charge in [-0.1, -0.05) is 24.3 Å². The largest absolute Gasteiger partial charge is 0.326 e. The highest BCUT2D eigenvalue weighted by molar-refractivity contribution is 6.03. The third-order valence-electron chi connectivity index (χ3n) is 5.51. The summed E-state index contributed by atoms with van der Waals surface area (Å²) in [7, 11) is 0. The fraction of sp³-hybridized carbons (Fsp3) is 0.125. The lowest BCUT2D eigenvalue weighted by molar-refractivity contribution is -0.122. The molecule has 4 aromatic rings. The summed E-state index contributed by atoms with van der Waals surface area (Å²) in [6, 6.07) is 21.4. The minimum atomic E-state index is -0.538. The van der Waals surface area contributed by atoms with Crippen LogP contribution in [0.4, 0.5) is 15.8 Å². The molecule has 0 aliphatic carbocycles. The Hall–Kier alpha value is -4.00. The number of aromatic nitrogens is 2. The second-order valence-electron chi connectivity index (χ2n) is 7.50. The van der Waals surface area contributed by atoms with E-state index in [-0.39, 0.29) is 30.5 Å². The van der Waals surface area contributed by atoms with Crippen molar-refractivity contribution < 1.29 is 14.0 Å². The molecule has 0 radical (unpaired) electrons. The maximum absolute atomic E-state index is 14.0. The highest BCUT2D eigenvalue weighted by Crippen LogP contribution is 2.28. The summed E-state index contributed by atoms with van der Waals surface area (Å²) in [5.41, 5.74) is 3.67. The summed E-state index contributed by atoms with van der Waals surface area (Å²) in [5.74, 6) is -1.52. The van der Waals surface area contributed by atoms with Gasteiger partial charge in [0.15, 0.2) is 0 Å². The van der Waals surface area contributed by atoms with Gasteiger partial charge in [-0.2, -0.15) is 0 Å². The molecule has 1 atom stereocenters. The number of benzene rings is 3. The van der Waals surface area contributed by atoms with Crippen molar-refractivity contribution in [3.63, 3.8) is 0 Å². The summed E-state index contributed by atoms with van der Waals surface area (Å²) >= 11 is 0. The summed E-state index contributed by atoms with van der Waals surface area (Å²) in [6.07, 6.45) is 1.82. The van der Waals surface area contributed by atoms with Crippen molar-refractivity contribution in [1.82, 2.24) is 9.55 Å². The number of hydrogen-bond donors (Lipinski definition) is 1. The molecule has 31 heavy (non-hydrogen) atoms. The van der Waals surface area contributed by atoms with Crippen molar-refractivity contribution in [3.05, 3.63) is 84.9 Å². The lowest BCUT2D eigenvalue weighted by Crippen LogP contribution is -2.28. The highest BCUT2D eigenvalue weighted by Gasteiger charge is 2.36. The number of amides is 2. The van der Waals surface area contributed by atoms with Crippen molar-refractivity contribution in [2.75, 3.05) is 16.8 Å². The maximum atomic E-state index is 14.0. The molecule has 1 aliphatic heterocycles. The number of para-hydroxylation sites is 3. The topological polar surface area (TPSA) is 67.2 Å². The number of fused-ring (bicyclic) bond motifs is 1. The molecule has 2 heterocycles. The molecule has 0 bridgehead atoms. The van der Waals surface area contributed by atoms with Crippen LogP contribution in [-0.4, -0.2) is 27.9 Å². The molecule has 6 nitrogen and oxygen atoms in total. The Labute approximate surface area is 177 Å². The number of imidazole rings is 1. The predicted octanol–water partition coefficient (Wildman–Crippen LogP) is 4.16. The number of halogens is 1. The molecule has 0 spiro atoms. The van der Waals surface area contributed by atoms with Crippen LogP contribution >= 0.6 is 0 Å². The first-order chi connectivity index (χ1) is 15.1. The van der Waals surface area contributed by atoms with Gasteiger partial charge < -0.3 is 10.2 Å². The summed E-state index contributed by atoms with van der Waals surface area (Å²) < 4.78 is 16.0. The summed E-state index contributed by atoms with van der Waals surface area (Å²) in [6.45, 7) is 0.157. The molecular formula is C24H19FN4O2. The first-order valence-corrected chi connectivity index (χ1v) is 9.98. The van der Waals surface area contributed by atoms with E-state index >= 15 is 0 Å². The Morgan fingerprint density at radius 3 is 2.55 bits per heavy atom. The molecular weight excluding hydrogens is 395 g/mol. The predicted molar refractivity (Wildman–Crippen MR) is 117 cm³/mol. The molecule has 2 amide bonds. The number of hydrogen-bond acceptors (Lipinski definition) is 3. The number of rotatable bonds is 4. The Bertz CT molecular complexity index is 1280. The Morgan fingerprint density at radius 2 is 1.74 bits per heavy atom. The minimum Gasteiger partial charge on any atom is -0.326 e. The van der Waals surface area contributed by atoms with Gasteiger partial charge in [-0.3, -0.25) is 14.2 Å². The quantitative estimate of drug-likeness (QED) is 0.545. The van der Waals surface area contributed by atoms with Crippen molar-refractivity contribution in [1.29, 1.82) is 0 Å². The van der Waals surface area contributed by atoms with E-state index in [4.69, 9.17) is 0 Å². The van der Waals surface area contributed by atoms with Crippen molar-refractivity contribution in [3.8, 4) is 5.69 Å². The van der Waals surface area contributed by atoms with Gasteiger partial charge >= 0.3 is 0 Å². The maximum Gasteiger partial charge on any atom is 0.229 e. The fourth-order valence-corrected chi connectivity index (χ4v) is 3.90. The lowest BCUT2D eigenvalue weighted by Gasteiger charge is -2.17. The van der Waals surface area contributed by atoms with Crippen LogP contribution in [0, 0.1) is 11.7 Å². The van der Waals surface area contributed by atoms with E-state index in [0.717, 1.165) is 16.7 Å². The third-order valence-corrected chi connectivity index (χ3v) is 5.51. The van der Waals surface area contributed by atoms with Gasteiger partial charge in [0.25, 0.3) is 0 Å². The van der Waals surface area contributed by atoms with Crippen LogP contribution in [0.25, 0.3) is 16.7 Å². The van der Waals surface area contributed by atoms with Crippen molar-refractivity contribution in [2.24, 2.45) is 5.92 Å². The molecule has 1 N–H and O–H groups in total. The van der Waals surface area contributed by atoms with E-state index in [1.807, 2.05) is 53.1 Å². The number of nitrogens with one attached hydrogen (secondary N) is 1. The zero-order valence-electron chi connectivity index (χ0n) is 16.5. The third kappa shape index (κ3) is 3.54. The smallest absolute Gasteiger partial charge is 0.229 e. The standard InChI is InChI=1S/C24H19FN4O2/c25-19-5-1-3-7-21(19)28-14-16(13-23(28)30)24(31)27-17-9-11-18(12-10-17)29-15-26-20-6-2-4-8-22(20)29/h1-12,15-16H,13-14H2,(H,27,31)/t16-/m0/s1. The molecule has 1 fully saturated rings. The van der Waals surface area contributed by atoms with Crippen LogP contribution in [0.3, 0.4) is 0 Å². The van der Waals surface area contributed by atoms with Crippen LogP contribution in [0.15, 0.2) is 79.1 Å². The zero-order valence-corrected chi connectivity index (χ0v) is 16.5. The van der Waals surface area contributed by atoms with E-state index in [9.17, 15) is 14.0 Å². The van der Waals surface area contributed by atoms with Crippen LogP contribution < -0.4 is 10.2 Å². The second kappa shape index (κ2) is 7.68. The lowest BCUT2D eigenvalue weighted by atomic mass is 10.1. The number of carbonyl (C=O) groups excluding carboxylic acids is 2. The number of carbonyl (C=O) groups is 2. The first kappa shape index (κ1) is 19.0. The monoisotopic (exact) mass is 414 g/mol. The highest BCUT2D eigenvalue weighted by atomic mass is 19.1. The van der Waals surface area contributed by atoms with Crippen LogP contribution in [0.5, 0.6) is 0 Å². The fourth-order valence-electron chi connectivity index (χ4n) is 3.90. The molecule has 3 aromatic carbocycles. The van der Waals surface area contributed by atoms with Gasteiger partial charge in [-0.25, -0.2) is 9.37 Å². The Morgan fingerprint density at radius 1 is 1.00 bits per heavy atom. The summed E-state index contributed by atoms with van der Waals surface area (Å²) in [5, 5.41) is 2.86. The average molecular weight is 414 g/mol. The van der Waals surface area contributed by atoms with Crippen molar-refractivity contribution in [2.45, 2.75) is 6.42 Å². The molecule has 1 aliphatic rings. The zero-order chi connectivity index (χ0) is 21.4. The Kier molecular flexibility index (Phi) is 4.71. The molecule has 5 rings (SSSR count). The second-order valence-corrected chi connectivity index (χ2v) is 7.50. The number of anilines is 2. The minimum absolute atomic E-state index is 0.0548. The van der Waals surface area contributed by atoms with Gasteiger partial charge in [0.2, 0.25) is 11.8 Å². The van der Waals surface area contributed by atoms with Gasteiger partial charge in [0.05, 0.1) is 22.6 Å². The van der Waals surface area contributed by atoms with Gasteiger partial charge in [-0.15, -0.1) is 0 Å². The van der Waals surface area contributed by atoms with Crippen LogP contribution in [-0.2, 0) is 9.59 Å². The van der Waals surface area contributed by atoms with Gasteiger partial charge in [0, 0.05) is 24.3 Å².